The lowest BCUT2D eigenvalue weighted by Gasteiger charge is -1.84. The van der Waals surface area contributed by atoms with E-state index in [-0.39, 0.29) is 0 Å². The molecule has 0 radical (unpaired) electrons. The summed E-state index contributed by atoms with van der Waals surface area (Å²) in [5.74, 6) is 0.811. The fourth-order valence-corrected chi connectivity index (χ4v) is 1.61. The second-order valence-electron chi connectivity index (χ2n) is 1.87. The highest BCUT2D eigenvalue weighted by atomic mass is 32.1. The van der Waals surface area contributed by atoms with Gasteiger partial charge in [-0.05, 0) is 12.1 Å². The molecule has 2 aromatic rings. The van der Waals surface area contributed by atoms with E-state index >= 15 is 0 Å². The molecule has 0 aliphatic carbocycles. The molecule has 46 valence electrons. The van der Waals surface area contributed by atoms with Crippen molar-refractivity contribution in [1.29, 1.82) is 0 Å². The molecule has 9 heavy (non-hydrogen) atoms. The Hall–Kier alpha value is -0.960. The van der Waals surface area contributed by atoms with E-state index in [1.165, 1.54) is 4.83 Å². The minimum absolute atomic E-state index is 0.811. The Kier molecular flexibility index (Phi) is 0.818. The quantitative estimate of drug-likeness (QED) is 0.588. The molecule has 0 amide bonds. The third kappa shape index (κ3) is 0.549. The van der Waals surface area contributed by atoms with E-state index in [1.54, 1.807) is 11.3 Å². The van der Waals surface area contributed by atoms with Gasteiger partial charge in [-0.25, -0.2) is 0 Å². The highest BCUT2D eigenvalue weighted by molar-refractivity contribution is 7.15. The molecule has 0 saturated heterocycles. The smallest absolute Gasteiger partial charge is 0.108 e. The fraction of sp³-hybridized carbons (Fsp3) is 0. The summed E-state index contributed by atoms with van der Waals surface area (Å²) in [5, 5.41) is 2.02. The van der Waals surface area contributed by atoms with Crippen molar-refractivity contribution in [2.45, 2.75) is 0 Å². The summed E-state index contributed by atoms with van der Waals surface area (Å²) in [6.07, 6.45) is 1.97. The number of nitrogens with zero attached hydrogens (tertiary/aromatic N) is 1. The normalized spacial score (nSPS) is 10.7. The Labute approximate surface area is 56.5 Å². The third-order valence-electron chi connectivity index (χ3n) is 1.31. The van der Waals surface area contributed by atoms with Gasteiger partial charge in [0.1, 0.15) is 10.6 Å². The predicted molar refractivity (Wildman–Crippen MR) is 39.7 cm³/mol. The van der Waals surface area contributed by atoms with Gasteiger partial charge in [0.15, 0.2) is 0 Å². The molecular formula is C6H6N2S. The van der Waals surface area contributed by atoms with Crippen molar-refractivity contribution in [3.05, 3.63) is 23.7 Å². The van der Waals surface area contributed by atoms with Crippen LogP contribution in [0.1, 0.15) is 0 Å². The van der Waals surface area contributed by atoms with Crippen molar-refractivity contribution in [1.82, 2.24) is 4.40 Å². The van der Waals surface area contributed by atoms with E-state index in [9.17, 15) is 0 Å². The van der Waals surface area contributed by atoms with E-state index < -0.39 is 0 Å². The van der Waals surface area contributed by atoms with Crippen molar-refractivity contribution >= 4 is 22.0 Å². The number of thiazole rings is 1. The van der Waals surface area contributed by atoms with Gasteiger partial charge in [0.2, 0.25) is 0 Å². The van der Waals surface area contributed by atoms with Crippen LogP contribution in [0.15, 0.2) is 23.7 Å². The summed E-state index contributed by atoms with van der Waals surface area (Å²) in [6, 6.07) is 3.92. The molecule has 2 N–H and O–H groups in total. The number of fused-ring (bicyclic) bond motifs is 1. The molecule has 0 atom stereocenters. The van der Waals surface area contributed by atoms with E-state index in [1.807, 2.05) is 28.1 Å². The zero-order chi connectivity index (χ0) is 6.27. The van der Waals surface area contributed by atoms with Crippen molar-refractivity contribution in [2.75, 3.05) is 5.73 Å². The molecule has 2 aromatic heterocycles. The first kappa shape index (κ1) is 4.88. The van der Waals surface area contributed by atoms with Gasteiger partial charge in [0.25, 0.3) is 0 Å². The van der Waals surface area contributed by atoms with Crippen LogP contribution in [0, 0.1) is 0 Å². The minimum atomic E-state index is 0.811. The average molecular weight is 138 g/mol. The average Bonchev–Trinajstić information content (AvgIpc) is 2.35. The van der Waals surface area contributed by atoms with Gasteiger partial charge < -0.3 is 5.73 Å². The molecule has 2 nitrogen and oxygen atoms in total. The van der Waals surface area contributed by atoms with Gasteiger partial charge in [-0.15, -0.1) is 11.3 Å². The maximum atomic E-state index is 5.59. The van der Waals surface area contributed by atoms with E-state index in [4.69, 9.17) is 5.73 Å². The van der Waals surface area contributed by atoms with Gasteiger partial charge in [0.05, 0.1) is 0 Å². The van der Waals surface area contributed by atoms with Gasteiger partial charge in [0, 0.05) is 11.6 Å². The molecule has 0 fully saturated rings. The van der Waals surface area contributed by atoms with Gasteiger partial charge in [-0.1, -0.05) is 0 Å². The van der Waals surface area contributed by atoms with Crippen LogP contribution in [0.5, 0.6) is 0 Å². The zero-order valence-electron chi connectivity index (χ0n) is 4.74. The summed E-state index contributed by atoms with van der Waals surface area (Å²) < 4.78 is 1.96. The van der Waals surface area contributed by atoms with Crippen LogP contribution in [0.25, 0.3) is 4.83 Å². The molecular weight excluding hydrogens is 132 g/mol. The second kappa shape index (κ2) is 1.51. The first-order chi connectivity index (χ1) is 4.38. The van der Waals surface area contributed by atoms with Crippen LogP contribution in [0.3, 0.4) is 0 Å². The number of hydrogen-bond acceptors (Lipinski definition) is 2. The van der Waals surface area contributed by atoms with Crippen LogP contribution in [0.4, 0.5) is 5.82 Å². The van der Waals surface area contributed by atoms with Crippen LogP contribution in [-0.2, 0) is 0 Å². The Morgan fingerprint density at radius 3 is 3.11 bits per heavy atom. The van der Waals surface area contributed by atoms with Crippen LogP contribution in [-0.4, -0.2) is 4.40 Å². The number of hydrogen-bond donors (Lipinski definition) is 1. The molecule has 0 aromatic carbocycles. The first-order valence-corrected chi connectivity index (χ1v) is 3.56. The fourth-order valence-electron chi connectivity index (χ4n) is 0.861. The molecule has 3 heteroatoms. The Bertz CT molecular complexity index is 320. The van der Waals surface area contributed by atoms with Crippen molar-refractivity contribution in [3.63, 3.8) is 0 Å². The molecule has 0 unspecified atom stereocenters. The number of nitrogen functional groups attached to an aromatic ring is 1. The van der Waals surface area contributed by atoms with Gasteiger partial charge in [-0.3, -0.25) is 4.40 Å². The van der Waals surface area contributed by atoms with Crippen LogP contribution >= 0.6 is 11.3 Å². The lowest BCUT2D eigenvalue weighted by molar-refractivity contribution is 1.25. The lowest BCUT2D eigenvalue weighted by atomic mass is 10.6. The van der Waals surface area contributed by atoms with Gasteiger partial charge >= 0.3 is 0 Å². The molecule has 2 heterocycles. The molecule has 0 saturated carbocycles. The summed E-state index contributed by atoms with van der Waals surface area (Å²) in [5.41, 5.74) is 5.59. The zero-order valence-corrected chi connectivity index (χ0v) is 5.56. The number of aromatic nitrogens is 1. The Balaban J connectivity index is 2.99. The third-order valence-corrected chi connectivity index (χ3v) is 2.14. The largest absolute Gasteiger partial charge is 0.385 e. The number of rotatable bonds is 0. The molecule has 0 spiro atoms. The Morgan fingerprint density at radius 2 is 2.33 bits per heavy atom. The summed E-state index contributed by atoms with van der Waals surface area (Å²) in [6.45, 7) is 0. The van der Waals surface area contributed by atoms with Crippen molar-refractivity contribution in [2.24, 2.45) is 0 Å². The maximum absolute atomic E-state index is 5.59. The Morgan fingerprint density at radius 1 is 1.44 bits per heavy atom. The molecule has 0 aliphatic rings. The predicted octanol–water partition coefficient (Wildman–Crippen LogP) is 1.58. The monoisotopic (exact) mass is 138 g/mol. The topological polar surface area (TPSA) is 30.4 Å². The standard InChI is InChI=1S/C6H6N2S/c7-5-1-2-6-8(5)3-4-9-6/h1-4H,7H2. The summed E-state index contributed by atoms with van der Waals surface area (Å²) >= 11 is 1.69. The summed E-state index contributed by atoms with van der Waals surface area (Å²) in [7, 11) is 0. The first-order valence-electron chi connectivity index (χ1n) is 2.68. The highest BCUT2D eigenvalue weighted by Crippen LogP contribution is 2.16. The van der Waals surface area contributed by atoms with Crippen LogP contribution < -0.4 is 5.73 Å². The molecule has 0 bridgehead atoms. The van der Waals surface area contributed by atoms with Crippen molar-refractivity contribution in [3.8, 4) is 0 Å². The van der Waals surface area contributed by atoms with E-state index in [0.29, 0.717) is 0 Å². The maximum Gasteiger partial charge on any atom is 0.108 e. The number of anilines is 1. The molecule has 0 aliphatic heterocycles. The van der Waals surface area contributed by atoms with Crippen molar-refractivity contribution < 1.29 is 0 Å². The number of nitrogens with two attached hydrogens (primary N) is 1. The van der Waals surface area contributed by atoms with Gasteiger partial charge in [-0.2, -0.15) is 0 Å². The lowest BCUT2D eigenvalue weighted by Crippen LogP contribution is -1.86. The van der Waals surface area contributed by atoms with Crippen LogP contribution in [0.2, 0.25) is 0 Å². The second-order valence-corrected chi connectivity index (χ2v) is 2.80. The molecule has 2 rings (SSSR count). The van der Waals surface area contributed by atoms with E-state index in [0.717, 1.165) is 5.82 Å². The minimum Gasteiger partial charge on any atom is -0.385 e. The highest BCUT2D eigenvalue weighted by Gasteiger charge is 1.94. The summed E-state index contributed by atoms with van der Waals surface area (Å²) in [4.78, 5) is 1.20. The SMILES string of the molecule is Nc1ccc2sccn12. The van der Waals surface area contributed by atoms with E-state index in [2.05, 4.69) is 0 Å².